The highest BCUT2D eigenvalue weighted by Crippen LogP contribution is 2.47. The number of pyridine rings is 1. The van der Waals surface area contributed by atoms with Crippen molar-refractivity contribution in [2.24, 2.45) is 22.7 Å². The average Bonchev–Trinajstić information content (AvgIpc) is 3.18. The van der Waals surface area contributed by atoms with Crippen molar-refractivity contribution in [2.75, 3.05) is 0 Å². The van der Waals surface area contributed by atoms with E-state index in [1.165, 1.54) is 17.5 Å². The molecule has 1 aliphatic heterocycles. The fourth-order valence-corrected chi connectivity index (χ4v) is 4.17. The summed E-state index contributed by atoms with van der Waals surface area (Å²) >= 11 is 0. The minimum absolute atomic E-state index is 0.0822. The van der Waals surface area contributed by atoms with E-state index in [0.717, 1.165) is 19.3 Å². The zero-order valence-electron chi connectivity index (χ0n) is 13.1. The van der Waals surface area contributed by atoms with Crippen molar-refractivity contribution in [3.8, 4) is 0 Å². The molecule has 2 saturated carbocycles. The number of rotatable bonds is 3. The number of imide groups is 2. The molecular formula is C17H18N4O3. The van der Waals surface area contributed by atoms with Gasteiger partial charge in [0.05, 0.1) is 5.69 Å². The smallest absolute Gasteiger partial charge is 0.277 e. The number of urea groups is 1. The average molecular weight is 326 g/mol. The summed E-state index contributed by atoms with van der Waals surface area (Å²) in [6.07, 6.45) is 8.64. The number of nitrogens with zero attached hydrogens (tertiary/aromatic N) is 3. The van der Waals surface area contributed by atoms with Crippen LogP contribution in [-0.2, 0) is 9.59 Å². The van der Waals surface area contributed by atoms with Gasteiger partial charge in [0, 0.05) is 24.7 Å². The fourth-order valence-electron chi connectivity index (χ4n) is 4.17. The molecule has 1 N–H and O–H groups in total. The Morgan fingerprint density at radius 3 is 2.62 bits per heavy atom. The van der Waals surface area contributed by atoms with Gasteiger partial charge in [0.2, 0.25) is 11.8 Å². The quantitative estimate of drug-likeness (QED) is 0.675. The maximum absolute atomic E-state index is 12.8. The van der Waals surface area contributed by atoms with Gasteiger partial charge in [-0.2, -0.15) is 0 Å². The van der Waals surface area contributed by atoms with E-state index in [-0.39, 0.29) is 6.04 Å². The van der Waals surface area contributed by atoms with Crippen molar-refractivity contribution >= 4 is 29.7 Å². The number of aliphatic imine (C=N–C) groups is 1. The summed E-state index contributed by atoms with van der Waals surface area (Å²) in [4.78, 5) is 46.4. The lowest BCUT2D eigenvalue weighted by molar-refractivity contribution is -0.141. The number of nitrogens with one attached hydrogen (secondary N) is 1. The number of hydrogen-bond acceptors (Lipinski definition) is 5. The number of barbiturate groups is 1. The summed E-state index contributed by atoms with van der Waals surface area (Å²) < 4.78 is 0. The molecule has 1 saturated heterocycles. The molecule has 4 rings (SSSR count). The Bertz CT molecular complexity index is 718. The third kappa shape index (κ3) is 2.50. The van der Waals surface area contributed by atoms with E-state index >= 15 is 0 Å². The van der Waals surface area contributed by atoms with Gasteiger partial charge in [-0.05, 0) is 43.2 Å². The van der Waals surface area contributed by atoms with E-state index in [9.17, 15) is 14.4 Å². The van der Waals surface area contributed by atoms with Crippen LogP contribution < -0.4 is 5.32 Å². The Hall–Kier alpha value is -2.57. The molecule has 1 aromatic heterocycles. The summed E-state index contributed by atoms with van der Waals surface area (Å²) in [5, 5.41) is 2.31. The highest BCUT2D eigenvalue weighted by atomic mass is 16.2. The molecule has 3 aliphatic rings. The van der Waals surface area contributed by atoms with Crippen LogP contribution in [0.5, 0.6) is 0 Å². The highest BCUT2D eigenvalue weighted by Gasteiger charge is 2.50. The van der Waals surface area contributed by atoms with Gasteiger partial charge < -0.3 is 0 Å². The first kappa shape index (κ1) is 15.0. The van der Waals surface area contributed by atoms with Gasteiger partial charge in [-0.3, -0.25) is 29.8 Å². The number of carbonyl (C=O) groups excluding carboxylic acids is 3. The van der Waals surface area contributed by atoms with Crippen LogP contribution in [-0.4, -0.2) is 40.0 Å². The Morgan fingerprint density at radius 2 is 1.96 bits per heavy atom. The molecule has 4 amide bonds. The van der Waals surface area contributed by atoms with Gasteiger partial charge in [0.25, 0.3) is 0 Å². The monoisotopic (exact) mass is 326 g/mol. The van der Waals surface area contributed by atoms with Crippen molar-refractivity contribution in [2.45, 2.75) is 31.7 Å². The van der Waals surface area contributed by atoms with Crippen LogP contribution in [0.2, 0.25) is 0 Å². The molecule has 3 fully saturated rings. The molecular weight excluding hydrogens is 308 g/mol. The van der Waals surface area contributed by atoms with E-state index in [4.69, 9.17) is 0 Å². The van der Waals surface area contributed by atoms with E-state index < -0.39 is 23.8 Å². The fraction of sp³-hybridized carbons (Fsp3) is 0.471. The first-order chi connectivity index (χ1) is 11.6. The summed E-state index contributed by atoms with van der Waals surface area (Å²) in [5.41, 5.74) is 0.606. The molecule has 7 heteroatoms. The minimum Gasteiger partial charge on any atom is -0.277 e. The lowest BCUT2D eigenvalue weighted by Gasteiger charge is -2.36. The van der Waals surface area contributed by atoms with Crippen LogP contribution in [0.3, 0.4) is 0 Å². The first-order valence-electron chi connectivity index (χ1n) is 8.25. The predicted molar refractivity (Wildman–Crippen MR) is 85.5 cm³/mol. The van der Waals surface area contributed by atoms with Crippen molar-refractivity contribution in [1.82, 2.24) is 15.2 Å². The largest absolute Gasteiger partial charge is 0.331 e. The lowest BCUT2D eigenvalue weighted by Crippen LogP contribution is -2.62. The van der Waals surface area contributed by atoms with E-state index in [1.807, 2.05) is 0 Å². The van der Waals surface area contributed by atoms with Crippen molar-refractivity contribution in [3.05, 3.63) is 24.5 Å². The topological polar surface area (TPSA) is 91.7 Å². The Morgan fingerprint density at radius 1 is 1.17 bits per heavy atom. The van der Waals surface area contributed by atoms with Crippen molar-refractivity contribution in [1.29, 1.82) is 0 Å². The predicted octanol–water partition coefficient (Wildman–Crippen LogP) is 1.67. The van der Waals surface area contributed by atoms with Crippen LogP contribution >= 0.6 is 0 Å². The Kier molecular flexibility index (Phi) is 3.63. The van der Waals surface area contributed by atoms with Gasteiger partial charge in [0.1, 0.15) is 0 Å². The molecule has 0 spiro atoms. The second kappa shape index (κ2) is 5.81. The van der Waals surface area contributed by atoms with Gasteiger partial charge >= 0.3 is 6.03 Å². The van der Waals surface area contributed by atoms with Crippen LogP contribution in [0.25, 0.3) is 0 Å². The molecule has 2 aliphatic carbocycles. The number of hydrogen-bond donors (Lipinski definition) is 1. The standard InChI is InChI=1S/C17H18N4O3/c22-15-13(9-19-12-3-5-18-6-4-12)16(23)21(17(24)20-15)14-8-10-1-2-11(14)7-10/h3-6,9-11,13-14H,1-2,7-8H2,(H,20,22,24)/t10-,11-,13+,14+/m0/s1. The Labute approximate surface area is 139 Å². The molecule has 124 valence electrons. The molecule has 2 bridgehead atoms. The van der Waals surface area contributed by atoms with Crippen molar-refractivity contribution < 1.29 is 14.4 Å². The molecule has 0 radical (unpaired) electrons. The normalized spacial score (nSPS) is 32.7. The van der Waals surface area contributed by atoms with E-state index in [1.54, 1.807) is 24.5 Å². The van der Waals surface area contributed by atoms with E-state index in [2.05, 4.69) is 15.3 Å². The molecule has 24 heavy (non-hydrogen) atoms. The van der Waals surface area contributed by atoms with Crippen LogP contribution in [0.15, 0.2) is 29.5 Å². The van der Waals surface area contributed by atoms with Crippen molar-refractivity contribution in [3.63, 3.8) is 0 Å². The van der Waals surface area contributed by atoms with Gasteiger partial charge in [0.15, 0.2) is 5.92 Å². The molecule has 1 aromatic rings. The third-order valence-corrected chi connectivity index (χ3v) is 5.30. The van der Waals surface area contributed by atoms with Gasteiger partial charge in [-0.15, -0.1) is 0 Å². The summed E-state index contributed by atoms with van der Waals surface area (Å²) in [7, 11) is 0. The zero-order valence-corrected chi connectivity index (χ0v) is 13.1. The molecule has 0 aromatic carbocycles. The maximum Gasteiger partial charge on any atom is 0.331 e. The highest BCUT2D eigenvalue weighted by molar-refractivity contribution is 6.23. The van der Waals surface area contributed by atoms with Crippen LogP contribution in [0.4, 0.5) is 10.5 Å². The number of aromatic nitrogens is 1. The van der Waals surface area contributed by atoms with Crippen LogP contribution in [0.1, 0.15) is 25.7 Å². The number of fused-ring (bicyclic) bond motifs is 2. The molecule has 0 unspecified atom stereocenters. The second-order valence-electron chi connectivity index (χ2n) is 6.71. The minimum atomic E-state index is -1.06. The SMILES string of the molecule is O=C1NC(=O)N([C@@H]2C[C@H]3CC[C@H]2C3)C(=O)[C@@H]1C=Nc1ccncc1. The van der Waals surface area contributed by atoms with Gasteiger partial charge in [-0.1, -0.05) is 6.42 Å². The summed E-state index contributed by atoms with van der Waals surface area (Å²) in [5.74, 6) is -1.16. The Balaban J connectivity index is 1.56. The zero-order chi connectivity index (χ0) is 16.7. The molecule has 2 heterocycles. The third-order valence-electron chi connectivity index (χ3n) is 5.30. The number of carbonyl (C=O) groups is 3. The number of amides is 4. The first-order valence-corrected chi connectivity index (χ1v) is 8.25. The van der Waals surface area contributed by atoms with E-state index in [0.29, 0.717) is 17.5 Å². The molecule has 4 atom stereocenters. The van der Waals surface area contributed by atoms with Gasteiger partial charge in [-0.25, -0.2) is 4.79 Å². The molecule has 7 nitrogen and oxygen atoms in total. The summed E-state index contributed by atoms with van der Waals surface area (Å²) in [6, 6.07) is 2.69. The second-order valence-corrected chi connectivity index (χ2v) is 6.71. The summed E-state index contributed by atoms with van der Waals surface area (Å²) in [6.45, 7) is 0. The lowest BCUT2D eigenvalue weighted by atomic mass is 9.92. The maximum atomic E-state index is 12.8. The van der Waals surface area contributed by atoms with Crippen LogP contribution in [0, 0.1) is 17.8 Å².